The van der Waals surface area contributed by atoms with Gasteiger partial charge in [-0.3, -0.25) is 19.1 Å². The van der Waals surface area contributed by atoms with E-state index in [-0.39, 0.29) is 25.8 Å². The van der Waals surface area contributed by atoms with Crippen molar-refractivity contribution in [1.29, 1.82) is 0 Å². The largest absolute Gasteiger partial charge is 0.444 e. The number of allylic oxidation sites excluding steroid dienone is 1. The molecular weight excluding hydrogens is 704 g/mol. The average Bonchev–Trinajstić information content (AvgIpc) is 4.06. The lowest BCUT2D eigenvalue weighted by atomic mass is 10.0. The Morgan fingerprint density at radius 1 is 1.04 bits per heavy atom. The van der Waals surface area contributed by atoms with Crippen LogP contribution in [0.4, 0.5) is 18.4 Å². The van der Waals surface area contributed by atoms with Crippen LogP contribution in [0.1, 0.15) is 68.9 Å². The van der Waals surface area contributed by atoms with E-state index in [1.807, 2.05) is 30.3 Å². The van der Waals surface area contributed by atoms with Gasteiger partial charge in [-0.25, -0.2) is 26.8 Å². The second-order valence-corrected chi connectivity index (χ2v) is 16.2. The molecule has 3 fully saturated rings. The van der Waals surface area contributed by atoms with Gasteiger partial charge >= 0.3 is 12.2 Å². The van der Waals surface area contributed by atoms with Gasteiger partial charge in [0, 0.05) is 25.4 Å². The van der Waals surface area contributed by atoms with Crippen LogP contribution in [0.3, 0.4) is 0 Å². The highest BCUT2D eigenvalue weighted by Gasteiger charge is 2.62. The number of hydrogen-bond donors (Lipinski definition) is 3. The molecule has 0 radical (unpaired) electrons. The summed E-state index contributed by atoms with van der Waals surface area (Å²) in [5.41, 5.74) is 0.511. The molecule has 0 unspecified atom stereocenters. The summed E-state index contributed by atoms with van der Waals surface area (Å²) in [4.78, 5) is 70.7. The molecule has 3 heterocycles. The Balaban J connectivity index is 1.24. The summed E-state index contributed by atoms with van der Waals surface area (Å²) in [7, 11) is -3.94. The molecule has 3 aliphatic heterocycles. The highest BCUT2D eigenvalue weighted by Crippen LogP contribution is 2.46. The first-order valence-electron chi connectivity index (χ1n) is 17.9. The quantitative estimate of drug-likeness (QED) is 0.337. The number of amides is 5. The predicted molar refractivity (Wildman–Crippen MR) is 181 cm³/mol. The van der Waals surface area contributed by atoms with E-state index in [1.165, 1.54) is 9.80 Å². The van der Waals surface area contributed by atoms with E-state index in [4.69, 9.17) is 9.47 Å². The van der Waals surface area contributed by atoms with Crippen LogP contribution in [-0.2, 0) is 46.8 Å². The van der Waals surface area contributed by atoms with E-state index in [1.54, 1.807) is 6.08 Å². The number of halogens is 2. The van der Waals surface area contributed by atoms with Crippen LogP contribution >= 0.6 is 0 Å². The van der Waals surface area contributed by atoms with Crippen LogP contribution in [0.2, 0.25) is 0 Å². The first-order chi connectivity index (χ1) is 24.9. The van der Waals surface area contributed by atoms with Gasteiger partial charge in [0.25, 0.3) is 5.91 Å². The summed E-state index contributed by atoms with van der Waals surface area (Å²) in [6.07, 6.45) is 3.19. The van der Waals surface area contributed by atoms with Crippen LogP contribution in [0, 0.1) is 5.92 Å². The number of fused-ring (bicyclic) bond motifs is 3. The fourth-order valence-electron chi connectivity index (χ4n) is 7.15. The first-order valence-corrected chi connectivity index (χ1v) is 19.5. The lowest BCUT2D eigenvalue weighted by molar-refractivity contribution is -0.141. The second-order valence-electron chi connectivity index (χ2n) is 14.2. The van der Waals surface area contributed by atoms with Crippen molar-refractivity contribution < 1.29 is 50.6 Å². The van der Waals surface area contributed by atoms with Crippen LogP contribution in [0.25, 0.3) is 0 Å². The molecule has 1 aromatic carbocycles. The lowest BCUT2D eigenvalue weighted by Crippen LogP contribution is -2.58. The fraction of sp³-hybridized carbons (Fsp3) is 0.629. The van der Waals surface area contributed by atoms with Crippen LogP contribution in [0.5, 0.6) is 0 Å². The molecule has 0 bridgehead atoms. The van der Waals surface area contributed by atoms with Crippen molar-refractivity contribution in [3.8, 4) is 0 Å². The Bertz CT molecular complexity index is 1690. The molecule has 1 aromatic rings. The molecule has 0 spiro atoms. The zero-order chi connectivity index (χ0) is 37.0. The summed E-state index contributed by atoms with van der Waals surface area (Å²) in [6, 6.07) is 5.19. The topological polar surface area (TPSA) is 181 Å². The van der Waals surface area contributed by atoms with Crippen molar-refractivity contribution >= 4 is 39.9 Å². The molecule has 3 N–H and O–H groups in total. The molecule has 2 saturated carbocycles. The number of carbonyl (C=O) groups is 5. The van der Waals surface area contributed by atoms with Crippen LogP contribution in [-0.4, -0.2) is 110 Å². The number of ether oxygens (including phenoxy) is 2. The van der Waals surface area contributed by atoms with Gasteiger partial charge in [0.05, 0.1) is 11.8 Å². The summed E-state index contributed by atoms with van der Waals surface area (Å²) < 4.78 is 64.6. The Labute approximate surface area is 301 Å². The Kier molecular flexibility index (Phi) is 11.4. The van der Waals surface area contributed by atoms with Crippen molar-refractivity contribution in [2.45, 2.75) is 106 Å². The number of rotatable bonds is 8. The van der Waals surface area contributed by atoms with Gasteiger partial charge in [-0.05, 0) is 56.1 Å². The number of alkyl halides is 2. The normalized spacial score (nSPS) is 28.6. The molecule has 6 rings (SSSR count). The SMILES string of the molecule is O=C(N[C@H]1CCCCC/C=C\[C@H]2C[C@@]2(C(=O)NS(=O)(=O)C2CC2)NC(=O)[C@@H]2C[C@@H](OC(=O)N3CCc4ccccc4C3)CN2C1=O)OC(CF)CF. The molecule has 2 aliphatic carbocycles. The number of alkyl carbamates (subject to hydrolysis) is 1. The second kappa shape index (κ2) is 15.8. The summed E-state index contributed by atoms with van der Waals surface area (Å²) in [5.74, 6) is -2.84. The van der Waals surface area contributed by atoms with Crippen molar-refractivity contribution in [3.63, 3.8) is 0 Å². The van der Waals surface area contributed by atoms with Crippen molar-refractivity contribution in [2.24, 2.45) is 5.92 Å². The van der Waals surface area contributed by atoms with E-state index >= 15 is 0 Å². The first kappa shape index (κ1) is 37.5. The lowest BCUT2D eigenvalue weighted by Gasteiger charge is -2.30. The molecule has 5 amide bonds. The Morgan fingerprint density at radius 2 is 1.79 bits per heavy atom. The molecular formula is C35H45F2N5O9S. The van der Waals surface area contributed by atoms with Gasteiger partial charge in [-0.1, -0.05) is 49.3 Å². The minimum Gasteiger partial charge on any atom is -0.444 e. The number of benzene rings is 1. The average molecular weight is 750 g/mol. The van der Waals surface area contributed by atoms with Crippen molar-refractivity contribution in [3.05, 3.63) is 47.5 Å². The molecule has 0 aromatic heterocycles. The monoisotopic (exact) mass is 749 g/mol. The highest BCUT2D eigenvalue weighted by molar-refractivity contribution is 7.91. The number of nitrogens with zero attached hydrogens (tertiary/aromatic N) is 2. The Hall–Kier alpha value is -4.28. The number of sulfonamides is 1. The zero-order valence-corrected chi connectivity index (χ0v) is 29.6. The number of nitrogens with one attached hydrogen (secondary N) is 3. The van der Waals surface area contributed by atoms with Crippen LogP contribution < -0.4 is 15.4 Å². The van der Waals surface area contributed by atoms with Crippen molar-refractivity contribution in [1.82, 2.24) is 25.2 Å². The highest BCUT2D eigenvalue weighted by atomic mass is 32.2. The maximum Gasteiger partial charge on any atom is 0.410 e. The summed E-state index contributed by atoms with van der Waals surface area (Å²) >= 11 is 0. The van der Waals surface area contributed by atoms with Gasteiger partial charge in [0.2, 0.25) is 21.8 Å². The van der Waals surface area contributed by atoms with Gasteiger partial charge in [0.15, 0.2) is 6.10 Å². The third-order valence-electron chi connectivity index (χ3n) is 10.4. The van der Waals surface area contributed by atoms with Gasteiger partial charge in [-0.15, -0.1) is 0 Å². The standard InChI is InChI=1S/C35H45F2N5O9S/c36-18-26(19-37)50-33(46)38-28-11-5-3-1-2-4-10-24-17-35(24,32(45)40-52(48,49)27-12-13-27)39-30(43)29-16-25(21-42(29)31(28)44)51-34(47)41-15-14-22-8-6-7-9-23(22)20-41/h4,6-10,24-29H,1-3,5,11-21H2,(H,38,46)(H,39,43)(H,40,45)/b10-4-/t24-,25+,28-,29-,35+/m0/s1. The van der Waals surface area contributed by atoms with Gasteiger partial charge in [0.1, 0.15) is 37.1 Å². The van der Waals surface area contributed by atoms with Crippen molar-refractivity contribution in [2.75, 3.05) is 26.4 Å². The van der Waals surface area contributed by atoms with E-state index in [0.717, 1.165) is 11.1 Å². The van der Waals surface area contributed by atoms with E-state index in [9.17, 15) is 41.2 Å². The minimum atomic E-state index is -3.94. The maximum atomic E-state index is 14.2. The molecule has 14 nitrogen and oxygen atoms in total. The van der Waals surface area contributed by atoms with E-state index in [2.05, 4.69) is 15.4 Å². The molecule has 5 atom stereocenters. The predicted octanol–water partition coefficient (Wildman–Crippen LogP) is 2.56. The third-order valence-corrected chi connectivity index (χ3v) is 12.2. The zero-order valence-electron chi connectivity index (χ0n) is 28.8. The van der Waals surface area contributed by atoms with E-state index in [0.29, 0.717) is 58.0 Å². The van der Waals surface area contributed by atoms with Gasteiger partial charge < -0.3 is 29.9 Å². The van der Waals surface area contributed by atoms with E-state index < -0.39 is 94.3 Å². The summed E-state index contributed by atoms with van der Waals surface area (Å²) in [5, 5.41) is 4.49. The maximum absolute atomic E-state index is 14.2. The molecule has 52 heavy (non-hydrogen) atoms. The molecule has 1 saturated heterocycles. The molecule has 284 valence electrons. The molecule has 17 heteroatoms. The third kappa shape index (κ3) is 8.50. The summed E-state index contributed by atoms with van der Waals surface area (Å²) in [6.45, 7) is -2.04. The van der Waals surface area contributed by atoms with Gasteiger partial charge in [-0.2, -0.15) is 0 Å². The number of hydrogen-bond acceptors (Lipinski definition) is 9. The minimum absolute atomic E-state index is 0.115. The smallest absolute Gasteiger partial charge is 0.410 e. The Morgan fingerprint density at radius 3 is 2.52 bits per heavy atom. The molecule has 5 aliphatic rings. The number of carbonyl (C=O) groups excluding carboxylic acids is 5. The van der Waals surface area contributed by atoms with Crippen LogP contribution in [0.15, 0.2) is 36.4 Å². The fourth-order valence-corrected chi connectivity index (χ4v) is 8.51.